The summed E-state index contributed by atoms with van der Waals surface area (Å²) in [5.41, 5.74) is 0. The average molecular weight is 196 g/mol. The predicted octanol–water partition coefficient (Wildman–Crippen LogP) is 1.46. The van der Waals surface area contributed by atoms with Crippen molar-refractivity contribution < 1.29 is 4.79 Å². The standard InChI is InChI=1S/C9H12N2OS/c1-10-9(12)7-5-11-8(13-7)4-6-2-3-6/h5-6H,2-4H2,1H3,(H,10,12). The zero-order valence-corrected chi connectivity index (χ0v) is 8.36. The lowest BCUT2D eigenvalue weighted by Crippen LogP contribution is -2.16. The summed E-state index contributed by atoms with van der Waals surface area (Å²) in [4.78, 5) is 16.1. The van der Waals surface area contributed by atoms with Crippen LogP contribution in [-0.4, -0.2) is 17.9 Å². The fraction of sp³-hybridized carbons (Fsp3) is 0.556. The molecule has 1 aromatic heterocycles. The predicted molar refractivity (Wildman–Crippen MR) is 51.9 cm³/mol. The van der Waals surface area contributed by atoms with Crippen molar-refractivity contribution in [2.75, 3.05) is 7.05 Å². The van der Waals surface area contributed by atoms with E-state index in [0.29, 0.717) is 0 Å². The molecule has 13 heavy (non-hydrogen) atoms. The molecule has 1 heterocycles. The van der Waals surface area contributed by atoms with Crippen LogP contribution in [0.25, 0.3) is 0 Å². The van der Waals surface area contributed by atoms with Gasteiger partial charge in [-0.05, 0) is 18.8 Å². The Bertz CT molecular complexity index is 317. The number of hydrogen-bond acceptors (Lipinski definition) is 3. The van der Waals surface area contributed by atoms with E-state index in [1.165, 1.54) is 24.2 Å². The zero-order valence-electron chi connectivity index (χ0n) is 7.54. The molecule has 3 nitrogen and oxygen atoms in total. The van der Waals surface area contributed by atoms with Gasteiger partial charge in [0.1, 0.15) is 4.88 Å². The molecule has 0 unspecified atom stereocenters. The van der Waals surface area contributed by atoms with Crippen molar-refractivity contribution >= 4 is 17.2 Å². The maximum atomic E-state index is 11.2. The molecule has 1 saturated carbocycles. The Morgan fingerprint density at radius 2 is 2.54 bits per heavy atom. The number of rotatable bonds is 3. The largest absolute Gasteiger partial charge is 0.354 e. The van der Waals surface area contributed by atoms with Gasteiger partial charge in [0.2, 0.25) is 0 Å². The quantitative estimate of drug-likeness (QED) is 0.795. The fourth-order valence-corrected chi connectivity index (χ4v) is 2.18. The van der Waals surface area contributed by atoms with E-state index in [0.717, 1.165) is 22.2 Å². The molecule has 4 heteroatoms. The minimum atomic E-state index is -0.0282. The van der Waals surface area contributed by atoms with Crippen LogP contribution >= 0.6 is 11.3 Å². The second kappa shape index (κ2) is 3.46. The van der Waals surface area contributed by atoms with Crippen LogP contribution in [0.4, 0.5) is 0 Å². The van der Waals surface area contributed by atoms with Gasteiger partial charge in [-0.2, -0.15) is 0 Å². The van der Waals surface area contributed by atoms with Gasteiger partial charge >= 0.3 is 0 Å². The third-order valence-electron chi connectivity index (χ3n) is 2.16. The van der Waals surface area contributed by atoms with E-state index >= 15 is 0 Å². The van der Waals surface area contributed by atoms with E-state index in [-0.39, 0.29) is 5.91 Å². The first-order valence-electron chi connectivity index (χ1n) is 4.46. The van der Waals surface area contributed by atoms with Crippen LogP contribution in [0.3, 0.4) is 0 Å². The molecule has 2 rings (SSSR count). The molecule has 0 radical (unpaired) electrons. The number of aromatic nitrogens is 1. The van der Waals surface area contributed by atoms with Gasteiger partial charge in [0.05, 0.1) is 11.2 Å². The number of carbonyl (C=O) groups excluding carboxylic acids is 1. The Morgan fingerprint density at radius 1 is 1.77 bits per heavy atom. The summed E-state index contributed by atoms with van der Waals surface area (Å²) in [5.74, 6) is 0.809. The van der Waals surface area contributed by atoms with Gasteiger partial charge in [0, 0.05) is 13.5 Å². The first kappa shape index (κ1) is 8.69. The molecular formula is C9H12N2OS. The van der Waals surface area contributed by atoms with Gasteiger partial charge in [0.15, 0.2) is 0 Å². The molecule has 1 fully saturated rings. The van der Waals surface area contributed by atoms with Crippen molar-refractivity contribution in [1.82, 2.24) is 10.3 Å². The second-order valence-corrected chi connectivity index (χ2v) is 4.46. The molecule has 0 aromatic carbocycles. The van der Waals surface area contributed by atoms with Crippen LogP contribution in [0.1, 0.15) is 27.5 Å². The Balaban J connectivity index is 2.03. The lowest BCUT2D eigenvalue weighted by molar-refractivity contribution is 0.0967. The molecule has 1 amide bonds. The average Bonchev–Trinajstić information content (AvgIpc) is 2.81. The lowest BCUT2D eigenvalue weighted by Gasteiger charge is -1.91. The summed E-state index contributed by atoms with van der Waals surface area (Å²) in [7, 11) is 1.64. The van der Waals surface area contributed by atoms with Crippen LogP contribution < -0.4 is 5.32 Å². The Labute approximate surface area is 81.2 Å². The normalized spacial score (nSPS) is 15.8. The van der Waals surface area contributed by atoms with Crippen LogP contribution in [0.2, 0.25) is 0 Å². The molecular weight excluding hydrogens is 184 g/mol. The van der Waals surface area contributed by atoms with Gasteiger partial charge in [-0.15, -0.1) is 11.3 Å². The molecule has 1 aliphatic carbocycles. The second-order valence-electron chi connectivity index (χ2n) is 3.34. The Hall–Kier alpha value is -0.900. The summed E-state index contributed by atoms with van der Waals surface area (Å²) in [6.07, 6.45) is 5.38. The van der Waals surface area contributed by atoms with Crippen molar-refractivity contribution in [3.63, 3.8) is 0 Å². The van der Waals surface area contributed by atoms with Crippen LogP contribution in [0.15, 0.2) is 6.20 Å². The number of carbonyl (C=O) groups is 1. The minimum absolute atomic E-state index is 0.0282. The summed E-state index contributed by atoms with van der Waals surface area (Å²) in [6.45, 7) is 0. The number of hydrogen-bond donors (Lipinski definition) is 1. The number of nitrogens with one attached hydrogen (secondary N) is 1. The van der Waals surface area contributed by atoms with Gasteiger partial charge in [-0.1, -0.05) is 0 Å². The highest BCUT2D eigenvalue weighted by Gasteiger charge is 2.23. The zero-order chi connectivity index (χ0) is 9.26. The van der Waals surface area contributed by atoms with Crippen molar-refractivity contribution in [3.8, 4) is 0 Å². The summed E-state index contributed by atoms with van der Waals surface area (Å²) in [6, 6.07) is 0. The van der Waals surface area contributed by atoms with Crippen molar-refractivity contribution in [2.24, 2.45) is 5.92 Å². The summed E-state index contributed by atoms with van der Waals surface area (Å²) < 4.78 is 0. The highest BCUT2D eigenvalue weighted by molar-refractivity contribution is 7.13. The van der Waals surface area contributed by atoms with Crippen molar-refractivity contribution in [3.05, 3.63) is 16.1 Å². The number of thiazole rings is 1. The smallest absolute Gasteiger partial charge is 0.262 e. The van der Waals surface area contributed by atoms with E-state index in [2.05, 4.69) is 10.3 Å². The molecule has 70 valence electrons. The van der Waals surface area contributed by atoms with E-state index in [1.54, 1.807) is 13.2 Å². The molecule has 1 aliphatic rings. The molecule has 0 atom stereocenters. The maximum absolute atomic E-state index is 11.2. The van der Waals surface area contributed by atoms with E-state index in [1.807, 2.05) is 0 Å². The number of nitrogens with zero attached hydrogens (tertiary/aromatic N) is 1. The molecule has 0 aliphatic heterocycles. The summed E-state index contributed by atoms with van der Waals surface area (Å²) in [5, 5.41) is 3.69. The third kappa shape index (κ3) is 2.06. The van der Waals surface area contributed by atoms with Crippen LogP contribution in [0, 0.1) is 5.92 Å². The third-order valence-corrected chi connectivity index (χ3v) is 3.18. The SMILES string of the molecule is CNC(=O)c1cnc(CC2CC2)s1. The lowest BCUT2D eigenvalue weighted by atomic mass is 10.3. The Morgan fingerprint density at radius 3 is 3.15 bits per heavy atom. The van der Waals surface area contributed by atoms with E-state index in [9.17, 15) is 4.79 Å². The molecule has 1 aromatic rings. The highest BCUT2D eigenvalue weighted by atomic mass is 32.1. The molecule has 1 N–H and O–H groups in total. The van der Waals surface area contributed by atoms with Crippen molar-refractivity contribution in [2.45, 2.75) is 19.3 Å². The van der Waals surface area contributed by atoms with Gasteiger partial charge < -0.3 is 5.32 Å². The van der Waals surface area contributed by atoms with Gasteiger partial charge in [-0.25, -0.2) is 4.98 Å². The topological polar surface area (TPSA) is 42.0 Å². The molecule has 0 saturated heterocycles. The van der Waals surface area contributed by atoms with Gasteiger partial charge in [0.25, 0.3) is 5.91 Å². The van der Waals surface area contributed by atoms with Gasteiger partial charge in [-0.3, -0.25) is 4.79 Å². The van der Waals surface area contributed by atoms with Crippen molar-refractivity contribution in [1.29, 1.82) is 0 Å². The highest BCUT2D eigenvalue weighted by Crippen LogP contribution is 2.33. The maximum Gasteiger partial charge on any atom is 0.262 e. The monoisotopic (exact) mass is 196 g/mol. The number of amides is 1. The minimum Gasteiger partial charge on any atom is -0.354 e. The summed E-state index contributed by atoms with van der Waals surface area (Å²) >= 11 is 1.51. The Kier molecular flexibility index (Phi) is 2.31. The van der Waals surface area contributed by atoms with Crippen LogP contribution in [-0.2, 0) is 6.42 Å². The van der Waals surface area contributed by atoms with Crippen LogP contribution in [0.5, 0.6) is 0 Å². The molecule has 0 spiro atoms. The first-order valence-corrected chi connectivity index (χ1v) is 5.28. The van der Waals surface area contributed by atoms with E-state index in [4.69, 9.17) is 0 Å². The molecule has 0 bridgehead atoms. The van der Waals surface area contributed by atoms with E-state index < -0.39 is 0 Å². The fourth-order valence-electron chi connectivity index (χ4n) is 1.20. The first-order chi connectivity index (χ1) is 6.29.